The summed E-state index contributed by atoms with van der Waals surface area (Å²) < 4.78 is 2.00. The average Bonchev–Trinajstić information content (AvgIpc) is 2.71. The van der Waals surface area contributed by atoms with Gasteiger partial charge in [0.05, 0.1) is 5.52 Å². The SMILES string of the molecule is CC(=O)c1cn(CCCO)c2c(C)c(Cl)ccc12. The van der Waals surface area contributed by atoms with E-state index >= 15 is 0 Å². The highest BCUT2D eigenvalue weighted by molar-refractivity contribution is 6.32. The lowest BCUT2D eigenvalue weighted by Gasteiger charge is -2.07. The molecule has 0 aliphatic rings. The van der Waals surface area contributed by atoms with E-state index in [1.54, 1.807) is 6.92 Å². The van der Waals surface area contributed by atoms with Crippen molar-refractivity contribution in [3.05, 3.63) is 34.5 Å². The van der Waals surface area contributed by atoms with E-state index < -0.39 is 0 Å². The molecule has 0 radical (unpaired) electrons. The second-order valence-electron chi connectivity index (χ2n) is 4.44. The fourth-order valence-corrected chi connectivity index (χ4v) is 2.40. The Balaban J connectivity index is 2.69. The van der Waals surface area contributed by atoms with E-state index in [9.17, 15) is 4.79 Å². The van der Waals surface area contributed by atoms with Gasteiger partial charge in [0, 0.05) is 35.3 Å². The number of fused-ring (bicyclic) bond motifs is 1. The quantitative estimate of drug-likeness (QED) is 0.863. The van der Waals surface area contributed by atoms with Gasteiger partial charge in [-0.2, -0.15) is 0 Å². The molecule has 1 heterocycles. The summed E-state index contributed by atoms with van der Waals surface area (Å²) in [6, 6.07) is 3.71. The fourth-order valence-electron chi connectivity index (χ4n) is 2.25. The van der Waals surface area contributed by atoms with Crippen molar-refractivity contribution in [2.24, 2.45) is 0 Å². The molecule has 2 rings (SSSR count). The molecule has 0 amide bonds. The van der Waals surface area contributed by atoms with Gasteiger partial charge < -0.3 is 9.67 Å². The Kier molecular flexibility index (Phi) is 3.73. The summed E-state index contributed by atoms with van der Waals surface area (Å²) in [5, 5.41) is 10.6. The summed E-state index contributed by atoms with van der Waals surface area (Å²) in [5.41, 5.74) is 2.67. The summed E-state index contributed by atoms with van der Waals surface area (Å²) in [4.78, 5) is 11.6. The zero-order chi connectivity index (χ0) is 13.3. The van der Waals surface area contributed by atoms with Gasteiger partial charge in [0.1, 0.15) is 0 Å². The Labute approximate surface area is 111 Å². The number of halogens is 1. The zero-order valence-corrected chi connectivity index (χ0v) is 11.3. The minimum atomic E-state index is 0.0458. The number of carbonyl (C=O) groups excluding carboxylic acids is 1. The number of ketones is 1. The number of carbonyl (C=O) groups is 1. The van der Waals surface area contributed by atoms with E-state index in [1.165, 1.54) is 0 Å². The minimum absolute atomic E-state index is 0.0458. The van der Waals surface area contributed by atoms with Gasteiger partial charge in [-0.1, -0.05) is 17.7 Å². The van der Waals surface area contributed by atoms with Gasteiger partial charge in [-0.05, 0) is 31.9 Å². The van der Waals surface area contributed by atoms with Crippen molar-refractivity contribution in [3.8, 4) is 0 Å². The summed E-state index contributed by atoms with van der Waals surface area (Å²) in [7, 11) is 0. The normalized spacial score (nSPS) is 11.1. The smallest absolute Gasteiger partial charge is 0.161 e. The fraction of sp³-hybridized carbons (Fsp3) is 0.357. The van der Waals surface area contributed by atoms with Gasteiger partial charge in [0.2, 0.25) is 0 Å². The van der Waals surface area contributed by atoms with E-state index in [2.05, 4.69) is 0 Å². The molecule has 0 aliphatic carbocycles. The molecule has 1 aromatic carbocycles. The van der Waals surface area contributed by atoms with Crippen LogP contribution in [0.3, 0.4) is 0 Å². The number of hydrogen-bond donors (Lipinski definition) is 1. The van der Waals surface area contributed by atoms with E-state index in [0.29, 0.717) is 23.6 Å². The molecular weight excluding hydrogens is 250 g/mol. The number of benzene rings is 1. The topological polar surface area (TPSA) is 42.2 Å². The molecule has 0 saturated carbocycles. The number of aliphatic hydroxyl groups excluding tert-OH is 1. The number of aromatic nitrogens is 1. The van der Waals surface area contributed by atoms with Crippen molar-refractivity contribution in [1.82, 2.24) is 4.57 Å². The monoisotopic (exact) mass is 265 g/mol. The van der Waals surface area contributed by atoms with Crippen molar-refractivity contribution >= 4 is 28.3 Å². The highest BCUT2D eigenvalue weighted by atomic mass is 35.5. The second kappa shape index (κ2) is 5.12. The van der Waals surface area contributed by atoms with Crippen LogP contribution in [0.4, 0.5) is 0 Å². The maximum atomic E-state index is 11.6. The summed E-state index contributed by atoms with van der Waals surface area (Å²) in [6.07, 6.45) is 2.51. The lowest BCUT2D eigenvalue weighted by molar-refractivity contribution is 0.101. The number of nitrogens with zero attached hydrogens (tertiary/aromatic N) is 1. The molecule has 0 aliphatic heterocycles. The molecule has 1 N–H and O–H groups in total. The Hall–Kier alpha value is -1.32. The molecule has 3 nitrogen and oxygen atoms in total. The predicted molar refractivity (Wildman–Crippen MR) is 73.4 cm³/mol. The highest BCUT2D eigenvalue weighted by Crippen LogP contribution is 2.29. The Morgan fingerprint density at radius 2 is 2.17 bits per heavy atom. The number of Topliss-reactive ketones (excluding diaryl/α,β-unsaturated/α-hetero) is 1. The minimum Gasteiger partial charge on any atom is -0.396 e. The third-order valence-corrected chi connectivity index (χ3v) is 3.57. The highest BCUT2D eigenvalue weighted by Gasteiger charge is 2.14. The van der Waals surface area contributed by atoms with Crippen LogP contribution in [-0.4, -0.2) is 22.1 Å². The molecule has 0 spiro atoms. The first-order valence-electron chi connectivity index (χ1n) is 5.96. The third kappa shape index (κ3) is 2.16. The maximum Gasteiger partial charge on any atom is 0.161 e. The molecular formula is C14H16ClNO2. The van der Waals surface area contributed by atoms with Gasteiger partial charge in [0.15, 0.2) is 5.78 Å². The number of aliphatic hydroxyl groups is 1. The first-order chi connectivity index (χ1) is 8.56. The van der Waals surface area contributed by atoms with Crippen LogP contribution in [0, 0.1) is 6.92 Å². The molecule has 0 unspecified atom stereocenters. The van der Waals surface area contributed by atoms with Crippen molar-refractivity contribution in [1.29, 1.82) is 0 Å². The van der Waals surface area contributed by atoms with Gasteiger partial charge in [0.25, 0.3) is 0 Å². The molecule has 4 heteroatoms. The summed E-state index contributed by atoms with van der Waals surface area (Å²) in [5.74, 6) is 0.0458. The number of hydrogen-bond acceptors (Lipinski definition) is 2. The predicted octanol–water partition coefficient (Wildman–Crippen LogP) is 3.19. The molecule has 18 heavy (non-hydrogen) atoms. The molecule has 0 saturated heterocycles. The van der Waals surface area contributed by atoms with Gasteiger partial charge in [-0.3, -0.25) is 4.79 Å². The van der Waals surface area contributed by atoms with E-state index in [-0.39, 0.29) is 12.4 Å². The second-order valence-corrected chi connectivity index (χ2v) is 4.85. The molecule has 0 bridgehead atoms. The van der Waals surface area contributed by atoms with Crippen LogP contribution in [0.2, 0.25) is 5.02 Å². The first kappa shape index (κ1) is 13.1. The van der Waals surface area contributed by atoms with E-state index in [4.69, 9.17) is 16.7 Å². The Morgan fingerprint density at radius 3 is 2.78 bits per heavy atom. The number of aryl methyl sites for hydroxylation is 2. The Morgan fingerprint density at radius 1 is 1.44 bits per heavy atom. The lowest BCUT2D eigenvalue weighted by atomic mass is 10.1. The Bertz CT molecular complexity index is 601. The average molecular weight is 266 g/mol. The zero-order valence-electron chi connectivity index (χ0n) is 10.5. The van der Waals surface area contributed by atoms with Crippen LogP contribution in [0.5, 0.6) is 0 Å². The van der Waals surface area contributed by atoms with Crippen molar-refractivity contribution < 1.29 is 9.90 Å². The standard InChI is InChI=1S/C14H16ClNO2/c1-9-13(15)5-4-11-12(10(2)18)8-16(14(9)11)6-3-7-17/h4-5,8,17H,3,6-7H2,1-2H3. The largest absolute Gasteiger partial charge is 0.396 e. The molecule has 1 aromatic heterocycles. The third-order valence-electron chi connectivity index (χ3n) is 3.16. The van der Waals surface area contributed by atoms with Crippen molar-refractivity contribution in [3.63, 3.8) is 0 Å². The summed E-state index contributed by atoms with van der Waals surface area (Å²) in [6.45, 7) is 4.33. The van der Waals surface area contributed by atoms with Gasteiger partial charge in [-0.15, -0.1) is 0 Å². The molecule has 96 valence electrons. The number of rotatable bonds is 4. The van der Waals surface area contributed by atoms with Crippen LogP contribution in [-0.2, 0) is 6.54 Å². The molecule has 2 aromatic rings. The van der Waals surface area contributed by atoms with Crippen molar-refractivity contribution in [2.45, 2.75) is 26.8 Å². The van der Waals surface area contributed by atoms with Crippen LogP contribution in [0.15, 0.2) is 18.3 Å². The van der Waals surface area contributed by atoms with Crippen LogP contribution < -0.4 is 0 Å². The van der Waals surface area contributed by atoms with Gasteiger partial charge >= 0.3 is 0 Å². The first-order valence-corrected chi connectivity index (χ1v) is 6.33. The van der Waals surface area contributed by atoms with E-state index in [1.807, 2.05) is 29.8 Å². The van der Waals surface area contributed by atoms with Crippen LogP contribution >= 0.6 is 11.6 Å². The van der Waals surface area contributed by atoms with Crippen LogP contribution in [0.25, 0.3) is 10.9 Å². The van der Waals surface area contributed by atoms with E-state index in [0.717, 1.165) is 16.5 Å². The lowest BCUT2D eigenvalue weighted by Crippen LogP contribution is -1.99. The van der Waals surface area contributed by atoms with Crippen molar-refractivity contribution in [2.75, 3.05) is 6.61 Å². The van der Waals surface area contributed by atoms with Gasteiger partial charge in [-0.25, -0.2) is 0 Å². The molecule has 0 fully saturated rings. The maximum absolute atomic E-state index is 11.6. The molecule has 0 atom stereocenters. The summed E-state index contributed by atoms with van der Waals surface area (Å²) >= 11 is 6.13. The van der Waals surface area contributed by atoms with Crippen LogP contribution in [0.1, 0.15) is 29.3 Å².